The minimum atomic E-state index is -0.878. The Bertz CT molecular complexity index is 337. The molecule has 5 nitrogen and oxygen atoms in total. The van der Waals surface area contributed by atoms with E-state index >= 15 is 0 Å². The summed E-state index contributed by atoms with van der Waals surface area (Å²) in [7, 11) is -0.878. The van der Waals surface area contributed by atoms with Gasteiger partial charge in [0.25, 0.3) is 0 Å². The summed E-state index contributed by atoms with van der Waals surface area (Å²) in [6.07, 6.45) is 2.32. The van der Waals surface area contributed by atoms with Crippen LogP contribution in [0.2, 0.25) is 0 Å². The molecule has 0 aliphatic rings. The van der Waals surface area contributed by atoms with Crippen molar-refractivity contribution in [1.29, 1.82) is 0 Å². The Kier molecular flexibility index (Phi) is 5.62. The molecule has 6 heteroatoms. The van der Waals surface area contributed by atoms with Gasteiger partial charge in [0.2, 0.25) is 0 Å². The van der Waals surface area contributed by atoms with E-state index in [1.165, 1.54) is 6.33 Å². The molecule has 0 radical (unpaired) electrons. The van der Waals surface area contributed by atoms with E-state index in [4.69, 9.17) is 5.73 Å². The lowest BCUT2D eigenvalue weighted by Crippen LogP contribution is -2.14. The highest BCUT2D eigenvalue weighted by Gasteiger charge is 2.09. The second-order valence-corrected chi connectivity index (χ2v) is 5.76. The van der Waals surface area contributed by atoms with Gasteiger partial charge < -0.3 is 5.73 Å². The molecule has 0 saturated heterocycles. The number of hydrogen-bond donors (Lipinski definition) is 1. The van der Waals surface area contributed by atoms with Crippen LogP contribution < -0.4 is 5.73 Å². The SMILES string of the molecule is CC(C)Cn1ncnc1CS(=O)CCCN. The van der Waals surface area contributed by atoms with Gasteiger partial charge in [-0.2, -0.15) is 5.10 Å². The lowest BCUT2D eigenvalue weighted by atomic mass is 10.2. The highest BCUT2D eigenvalue weighted by molar-refractivity contribution is 7.84. The summed E-state index contributed by atoms with van der Waals surface area (Å²) in [5.41, 5.74) is 5.38. The summed E-state index contributed by atoms with van der Waals surface area (Å²) in [5.74, 6) is 2.44. The quantitative estimate of drug-likeness (QED) is 0.759. The predicted octanol–water partition coefficient (Wildman–Crippen LogP) is 0.532. The molecule has 0 amide bonds. The van der Waals surface area contributed by atoms with Gasteiger partial charge in [-0.3, -0.25) is 4.21 Å². The zero-order valence-electron chi connectivity index (χ0n) is 9.93. The van der Waals surface area contributed by atoms with E-state index in [1.807, 2.05) is 4.68 Å². The maximum absolute atomic E-state index is 11.7. The van der Waals surface area contributed by atoms with Crippen LogP contribution in [0, 0.1) is 5.92 Å². The Morgan fingerprint density at radius 2 is 2.31 bits per heavy atom. The summed E-state index contributed by atoms with van der Waals surface area (Å²) >= 11 is 0. The van der Waals surface area contributed by atoms with Gasteiger partial charge in [0.15, 0.2) is 0 Å². The molecule has 0 fully saturated rings. The third-order valence-corrected chi connectivity index (χ3v) is 3.42. The molecule has 0 bridgehead atoms. The van der Waals surface area contributed by atoms with Crippen LogP contribution in [0.5, 0.6) is 0 Å². The van der Waals surface area contributed by atoms with E-state index in [9.17, 15) is 4.21 Å². The fraction of sp³-hybridized carbons (Fsp3) is 0.800. The molecule has 92 valence electrons. The minimum absolute atomic E-state index is 0.479. The second kappa shape index (κ2) is 6.75. The summed E-state index contributed by atoms with van der Waals surface area (Å²) in [6.45, 7) is 5.65. The molecule has 1 aromatic heterocycles. The molecule has 0 aromatic carbocycles. The van der Waals surface area contributed by atoms with E-state index in [2.05, 4.69) is 23.9 Å². The zero-order chi connectivity index (χ0) is 12.0. The van der Waals surface area contributed by atoms with Crippen molar-refractivity contribution in [3.8, 4) is 0 Å². The molecule has 0 aliphatic heterocycles. The fourth-order valence-corrected chi connectivity index (χ4v) is 2.50. The largest absolute Gasteiger partial charge is 0.330 e. The Morgan fingerprint density at radius 3 is 2.94 bits per heavy atom. The molecule has 1 unspecified atom stereocenters. The van der Waals surface area contributed by atoms with E-state index in [-0.39, 0.29) is 0 Å². The van der Waals surface area contributed by atoms with Crippen LogP contribution in [0.15, 0.2) is 6.33 Å². The van der Waals surface area contributed by atoms with Gasteiger partial charge >= 0.3 is 0 Å². The van der Waals surface area contributed by atoms with Crippen molar-refractivity contribution in [2.75, 3.05) is 12.3 Å². The van der Waals surface area contributed by atoms with Gasteiger partial charge in [0, 0.05) is 23.1 Å². The first kappa shape index (κ1) is 13.3. The van der Waals surface area contributed by atoms with Crippen molar-refractivity contribution in [2.45, 2.75) is 32.6 Å². The zero-order valence-corrected chi connectivity index (χ0v) is 10.7. The molecule has 1 heterocycles. The third kappa shape index (κ3) is 4.40. The van der Waals surface area contributed by atoms with Crippen molar-refractivity contribution in [1.82, 2.24) is 14.8 Å². The number of nitrogens with zero attached hydrogens (tertiary/aromatic N) is 3. The Labute approximate surface area is 98.9 Å². The molecule has 2 N–H and O–H groups in total. The number of rotatable bonds is 7. The topological polar surface area (TPSA) is 73.8 Å². The van der Waals surface area contributed by atoms with E-state index in [0.717, 1.165) is 18.8 Å². The third-order valence-electron chi connectivity index (χ3n) is 2.10. The van der Waals surface area contributed by atoms with Crippen LogP contribution in [-0.2, 0) is 23.1 Å². The van der Waals surface area contributed by atoms with E-state index in [0.29, 0.717) is 24.0 Å². The van der Waals surface area contributed by atoms with Crippen LogP contribution in [0.3, 0.4) is 0 Å². The summed E-state index contributed by atoms with van der Waals surface area (Å²) in [4.78, 5) is 4.14. The van der Waals surface area contributed by atoms with Gasteiger partial charge in [0.05, 0.1) is 5.75 Å². The molecule has 16 heavy (non-hydrogen) atoms. The maximum Gasteiger partial charge on any atom is 0.139 e. The van der Waals surface area contributed by atoms with Gasteiger partial charge in [-0.1, -0.05) is 13.8 Å². The molecule has 1 rings (SSSR count). The van der Waals surface area contributed by atoms with Crippen molar-refractivity contribution < 1.29 is 4.21 Å². The number of aromatic nitrogens is 3. The molecule has 0 spiro atoms. The van der Waals surface area contributed by atoms with Crippen LogP contribution in [0.25, 0.3) is 0 Å². The summed E-state index contributed by atoms with van der Waals surface area (Å²) < 4.78 is 13.5. The average Bonchev–Trinajstić information content (AvgIpc) is 2.62. The van der Waals surface area contributed by atoms with Crippen molar-refractivity contribution in [2.24, 2.45) is 11.7 Å². The second-order valence-electron chi connectivity index (χ2n) is 4.18. The Morgan fingerprint density at radius 1 is 1.56 bits per heavy atom. The first-order valence-electron chi connectivity index (χ1n) is 5.55. The predicted molar refractivity (Wildman–Crippen MR) is 65.2 cm³/mol. The van der Waals surface area contributed by atoms with Crippen LogP contribution in [0.1, 0.15) is 26.1 Å². The van der Waals surface area contributed by atoms with Crippen LogP contribution >= 0.6 is 0 Å². The molecule has 1 aromatic rings. The number of nitrogens with two attached hydrogens (primary N) is 1. The fourth-order valence-electron chi connectivity index (χ4n) is 1.36. The number of hydrogen-bond acceptors (Lipinski definition) is 4. The first-order valence-corrected chi connectivity index (χ1v) is 7.04. The summed E-state index contributed by atoms with van der Waals surface area (Å²) in [6, 6.07) is 0. The molecule has 0 aliphatic carbocycles. The molecule has 1 atom stereocenters. The normalized spacial score (nSPS) is 13.2. The lowest BCUT2D eigenvalue weighted by molar-refractivity contribution is 0.471. The lowest BCUT2D eigenvalue weighted by Gasteiger charge is -2.08. The average molecular weight is 244 g/mol. The molecular weight excluding hydrogens is 224 g/mol. The Balaban J connectivity index is 2.52. The Hall–Kier alpha value is -0.750. The van der Waals surface area contributed by atoms with Crippen LogP contribution in [0.4, 0.5) is 0 Å². The highest BCUT2D eigenvalue weighted by Crippen LogP contribution is 2.04. The standard InChI is InChI=1S/C10H20N4OS/c1-9(2)6-14-10(12-8-13-14)7-16(15)5-3-4-11/h8-9H,3-7,11H2,1-2H3. The van der Waals surface area contributed by atoms with Gasteiger partial charge in [0.1, 0.15) is 12.2 Å². The maximum atomic E-state index is 11.7. The smallest absolute Gasteiger partial charge is 0.139 e. The first-order chi connectivity index (χ1) is 7.63. The molecular formula is C10H20N4OS. The van der Waals surface area contributed by atoms with Gasteiger partial charge in [-0.25, -0.2) is 9.67 Å². The van der Waals surface area contributed by atoms with Gasteiger partial charge in [-0.05, 0) is 18.9 Å². The highest BCUT2D eigenvalue weighted by atomic mass is 32.2. The molecule has 0 saturated carbocycles. The van der Waals surface area contributed by atoms with E-state index < -0.39 is 10.8 Å². The minimum Gasteiger partial charge on any atom is -0.330 e. The van der Waals surface area contributed by atoms with Crippen molar-refractivity contribution >= 4 is 10.8 Å². The monoisotopic (exact) mass is 244 g/mol. The van der Waals surface area contributed by atoms with Crippen molar-refractivity contribution in [3.63, 3.8) is 0 Å². The van der Waals surface area contributed by atoms with Crippen molar-refractivity contribution in [3.05, 3.63) is 12.2 Å². The van der Waals surface area contributed by atoms with Crippen LogP contribution in [-0.4, -0.2) is 31.3 Å². The van der Waals surface area contributed by atoms with E-state index in [1.54, 1.807) is 0 Å². The van der Waals surface area contributed by atoms with Gasteiger partial charge in [-0.15, -0.1) is 0 Å². The summed E-state index contributed by atoms with van der Waals surface area (Å²) in [5, 5.41) is 4.14.